The zero-order valence-corrected chi connectivity index (χ0v) is 14.8. The van der Waals surface area contributed by atoms with Crippen LogP contribution in [0.15, 0.2) is 53.6 Å². The summed E-state index contributed by atoms with van der Waals surface area (Å²) in [4.78, 5) is 11.8. The van der Waals surface area contributed by atoms with Crippen molar-refractivity contribution in [2.24, 2.45) is 5.10 Å². The Morgan fingerprint density at radius 2 is 2.04 bits per heavy atom. The second-order valence-electron chi connectivity index (χ2n) is 5.23. The summed E-state index contributed by atoms with van der Waals surface area (Å²) in [7, 11) is 0. The number of aryl methyl sites for hydroxylation is 1. The van der Waals surface area contributed by atoms with Gasteiger partial charge in [-0.25, -0.2) is 5.43 Å². The van der Waals surface area contributed by atoms with Gasteiger partial charge in [-0.1, -0.05) is 24.3 Å². The number of hydrogen-bond donors (Lipinski definition) is 1. The molecule has 0 spiro atoms. The number of ether oxygens (including phenoxy) is 1. The van der Waals surface area contributed by atoms with E-state index in [4.69, 9.17) is 10.00 Å². The van der Waals surface area contributed by atoms with E-state index in [1.165, 1.54) is 11.1 Å². The molecule has 0 aliphatic rings. The number of rotatable bonds is 8. The lowest BCUT2D eigenvalue weighted by Gasteiger charge is -2.04. The molecule has 0 saturated heterocycles. The topological polar surface area (TPSA) is 74.5 Å². The summed E-state index contributed by atoms with van der Waals surface area (Å²) in [5, 5.41) is 12.4. The standard InChI is InChI=1S/C19H19N3O2S/c1-15-4-2-3-5-17(15)13-25-14-19(23)22-21-12-16-6-8-18(9-7-16)24-11-10-20/h2-9,12H,11,13-14H2,1H3,(H,22,23)/b21-12-. The molecule has 0 heterocycles. The Balaban J connectivity index is 1.71. The molecule has 128 valence electrons. The number of benzene rings is 2. The highest BCUT2D eigenvalue weighted by atomic mass is 32.2. The van der Waals surface area contributed by atoms with Crippen LogP contribution in [0.2, 0.25) is 0 Å². The lowest BCUT2D eigenvalue weighted by atomic mass is 10.1. The second-order valence-corrected chi connectivity index (χ2v) is 6.21. The third kappa shape index (κ3) is 6.69. The van der Waals surface area contributed by atoms with Crippen molar-refractivity contribution in [3.63, 3.8) is 0 Å². The molecule has 2 aromatic carbocycles. The Kier molecular flexibility index (Phi) is 7.54. The van der Waals surface area contributed by atoms with E-state index in [2.05, 4.69) is 29.6 Å². The zero-order chi connectivity index (χ0) is 17.9. The van der Waals surface area contributed by atoms with Crippen molar-refractivity contribution in [2.75, 3.05) is 12.4 Å². The molecule has 0 aromatic heterocycles. The van der Waals surface area contributed by atoms with E-state index in [0.29, 0.717) is 11.5 Å². The first-order valence-corrected chi connectivity index (χ1v) is 8.88. The van der Waals surface area contributed by atoms with Crippen molar-refractivity contribution in [3.8, 4) is 11.8 Å². The fourth-order valence-electron chi connectivity index (χ4n) is 2.00. The number of hydrazone groups is 1. The van der Waals surface area contributed by atoms with Crippen molar-refractivity contribution in [1.82, 2.24) is 5.43 Å². The quantitative estimate of drug-likeness (QED) is 0.584. The molecule has 0 fully saturated rings. The highest BCUT2D eigenvalue weighted by molar-refractivity contribution is 7.99. The summed E-state index contributed by atoms with van der Waals surface area (Å²) < 4.78 is 5.16. The maximum atomic E-state index is 11.8. The third-order valence-electron chi connectivity index (χ3n) is 3.34. The van der Waals surface area contributed by atoms with Gasteiger partial charge in [0.1, 0.15) is 11.8 Å². The smallest absolute Gasteiger partial charge is 0.250 e. The van der Waals surface area contributed by atoms with Gasteiger partial charge in [0.15, 0.2) is 6.61 Å². The first kappa shape index (κ1) is 18.6. The summed E-state index contributed by atoms with van der Waals surface area (Å²) >= 11 is 1.56. The van der Waals surface area contributed by atoms with Gasteiger partial charge in [-0.05, 0) is 47.9 Å². The molecule has 1 N–H and O–H groups in total. The minimum atomic E-state index is -0.135. The molecule has 0 saturated carbocycles. The molecule has 5 nitrogen and oxygen atoms in total. The van der Waals surface area contributed by atoms with Crippen LogP contribution in [0, 0.1) is 18.3 Å². The van der Waals surface area contributed by atoms with Crippen LogP contribution in [0.3, 0.4) is 0 Å². The van der Waals surface area contributed by atoms with Gasteiger partial charge in [-0.3, -0.25) is 4.79 Å². The summed E-state index contributed by atoms with van der Waals surface area (Å²) in [6.07, 6.45) is 1.57. The average molecular weight is 353 g/mol. The van der Waals surface area contributed by atoms with Gasteiger partial charge in [0, 0.05) is 5.75 Å². The van der Waals surface area contributed by atoms with Crippen molar-refractivity contribution in [2.45, 2.75) is 12.7 Å². The van der Waals surface area contributed by atoms with E-state index in [0.717, 1.165) is 11.3 Å². The van der Waals surface area contributed by atoms with Gasteiger partial charge < -0.3 is 4.74 Å². The third-order valence-corrected chi connectivity index (χ3v) is 4.32. The molecular weight excluding hydrogens is 334 g/mol. The second kappa shape index (κ2) is 10.2. The molecule has 0 bridgehead atoms. The lowest BCUT2D eigenvalue weighted by molar-refractivity contribution is -0.118. The minimum Gasteiger partial charge on any atom is -0.479 e. The minimum absolute atomic E-state index is 0.0175. The average Bonchev–Trinajstić information content (AvgIpc) is 2.63. The van der Waals surface area contributed by atoms with Crippen LogP contribution in [-0.4, -0.2) is 24.5 Å². The van der Waals surface area contributed by atoms with Crippen LogP contribution in [0.5, 0.6) is 5.75 Å². The molecule has 2 rings (SSSR count). The Morgan fingerprint density at radius 1 is 1.28 bits per heavy atom. The van der Waals surface area contributed by atoms with Crippen molar-refractivity contribution < 1.29 is 9.53 Å². The highest BCUT2D eigenvalue weighted by Crippen LogP contribution is 2.15. The molecule has 0 aliphatic heterocycles. The molecule has 0 atom stereocenters. The number of carbonyl (C=O) groups is 1. The molecule has 0 radical (unpaired) electrons. The molecular formula is C19H19N3O2S. The number of carbonyl (C=O) groups excluding carboxylic acids is 1. The Bertz CT molecular complexity index is 767. The van der Waals surface area contributed by atoms with E-state index in [1.807, 2.05) is 18.2 Å². The fraction of sp³-hybridized carbons (Fsp3) is 0.211. The van der Waals surface area contributed by atoms with Gasteiger partial charge in [0.2, 0.25) is 5.91 Å². The normalized spacial score (nSPS) is 10.4. The maximum absolute atomic E-state index is 11.8. The predicted molar refractivity (Wildman–Crippen MR) is 101 cm³/mol. The number of nitriles is 1. The van der Waals surface area contributed by atoms with Crippen molar-refractivity contribution in [1.29, 1.82) is 5.26 Å². The van der Waals surface area contributed by atoms with Crippen LogP contribution in [-0.2, 0) is 10.5 Å². The summed E-state index contributed by atoms with van der Waals surface area (Å²) in [6.45, 7) is 2.08. The van der Waals surface area contributed by atoms with E-state index >= 15 is 0 Å². The van der Waals surface area contributed by atoms with Crippen molar-refractivity contribution >= 4 is 23.9 Å². The van der Waals surface area contributed by atoms with E-state index in [1.54, 1.807) is 42.2 Å². The van der Waals surface area contributed by atoms with E-state index in [9.17, 15) is 4.79 Å². The lowest BCUT2D eigenvalue weighted by Crippen LogP contribution is -2.19. The Hall–Kier alpha value is -2.78. The summed E-state index contributed by atoms with van der Waals surface area (Å²) in [5.41, 5.74) is 5.82. The monoisotopic (exact) mass is 353 g/mol. The number of amides is 1. The van der Waals surface area contributed by atoms with Crippen molar-refractivity contribution in [3.05, 3.63) is 65.2 Å². The van der Waals surface area contributed by atoms with Crippen LogP contribution >= 0.6 is 11.8 Å². The molecule has 0 aliphatic carbocycles. The van der Waals surface area contributed by atoms with Gasteiger partial charge in [0.05, 0.1) is 12.0 Å². The largest absolute Gasteiger partial charge is 0.479 e. The van der Waals surface area contributed by atoms with E-state index < -0.39 is 0 Å². The number of hydrogen-bond acceptors (Lipinski definition) is 5. The number of nitrogens with zero attached hydrogens (tertiary/aromatic N) is 2. The Morgan fingerprint density at radius 3 is 2.76 bits per heavy atom. The molecule has 1 amide bonds. The van der Waals surface area contributed by atoms with Crippen LogP contribution < -0.4 is 10.2 Å². The summed E-state index contributed by atoms with van der Waals surface area (Å²) in [6, 6.07) is 17.2. The predicted octanol–water partition coefficient (Wildman–Crippen LogP) is 3.28. The van der Waals surface area contributed by atoms with Gasteiger partial charge in [-0.2, -0.15) is 10.4 Å². The number of thioether (sulfide) groups is 1. The summed E-state index contributed by atoms with van der Waals surface area (Å²) in [5.74, 6) is 1.64. The maximum Gasteiger partial charge on any atom is 0.250 e. The fourth-order valence-corrected chi connectivity index (χ4v) is 2.90. The van der Waals surface area contributed by atoms with Gasteiger partial charge >= 0.3 is 0 Å². The first-order valence-electron chi connectivity index (χ1n) is 7.73. The highest BCUT2D eigenvalue weighted by Gasteiger charge is 2.02. The molecule has 0 unspecified atom stereocenters. The van der Waals surface area contributed by atoms with Gasteiger partial charge in [0.25, 0.3) is 0 Å². The molecule has 2 aromatic rings. The van der Waals surface area contributed by atoms with Crippen LogP contribution in [0.1, 0.15) is 16.7 Å². The SMILES string of the molecule is Cc1ccccc1CSCC(=O)N/N=C\c1ccc(OCC#N)cc1. The number of nitrogens with one attached hydrogen (secondary N) is 1. The Labute approximate surface area is 151 Å². The van der Waals surface area contributed by atoms with Crippen LogP contribution in [0.25, 0.3) is 0 Å². The van der Waals surface area contributed by atoms with Gasteiger partial charge in [-0.15, -0.1) is 11.8 Å². The van der Waals surface area contributed by atoms with E-state index in [-0.39, 0.29) is 12.5 Å². The van der Waals surface area contributed by atoms with Crippen LogP contribution in [0.4, 0.5) is 0 Å². The molecule has 25 heavy (non-hydrogen) atoms. The molecule has 6 heteroatoms. The first-order chi connectivity index (χ1) is 12.2. The zero-order valence-electron chi connectivity index (χ0n) is 13.9.